The monoisotopic (exact) mass is 149 g/mol. The molecule has 0 amide bonds. The summed E-state index contributed by atoms with van der Waals surface area (Å²) in [4.78, 5) is 10.9. The van der Waals surface area contributed by atoms with Gasteiger partial charge in [0.15, 0.2) is 0 Å². The normalized spacial score (nSPS) is 15.5. The van der Waals surface area contributed by atoms with Crippen LogP contribution in [0.25, 0.3) is 0 Å². The number of nitrogens with one attached hydrogen (secondary N) is 1. The Morgan fingerprint density at radius 3 is 3.09 bits per heavy atom. The Labute approximate surface area is 64.6 Å². The summed E-state index contributed by atoms with van der Waals surface area (Å²) in [6, 6.07) is 7.86. The molecule has 0 unspecified atom stereocenters. The SMILES string of the molecule is O=[N+]1CNc2ccccc2C1. The van der Waals surface area contributed by atoms with Crippen LogP contribution in [-0.2, 0) is 6.54 Å². The lowest BCUT2D eigenvalue weighted by Gasteiger charge is -2.10. The van der Waals surface area contributed by atoms with Crippen molar-refractivity contribution in [1.29, 1.82) is 0 Å². The average molecular weight is 149 g/mol. The minimum Gasteiger partial charge on any atom is -0.327 e. The van der Waals surface area contributed by atoms with Crippen LogP contribution in [0.1, 0.15) is 5.56 Å². The van der Waals surface area contributed by atoms with Crippen LogP contribution in [0, 0.1) is 4.91 Å². The predicted molar refractivity (Wildman–Crippen MR) is 42.3 cm³/mol. The van der Waals surface area contributed by atoms with Gasteiger partial charge in [-0.1, -0.05) is 18.2 Å². The van der Waals surface area contributed by atoms with Crippen molar-refractivity contribution in [3.63, 3.8) is 0 Å². The second-order valence-electron chi connectivity index (χ2n) is 2.63. The molecular formula is C8H9N2O+. The van der Waals surface area contributed by atoms with E-state index < -0.39 is 0 Å². The average Bonchev–Trinajstić information content (AvgIpc) is 2.04. The fourth-order valence-electron chi connectivity index (χ4n) is 1.25. The summed E-state index contributed by atoms with van der Waals surface area (Å²) >= 11 is 0. The molecular weight excluding hydrogens is 140 g/mol. The molecule has 0 aromatic heterocycles. The Hall–Kier alpha value is -1.38. The van der Waals surface area contributed by atoms with Gasteiger partial charge in [0, 0.05) is 20.9 Å². The smallest absolute Gasteiger partial charge is 0.264 e. The Morgan fingerprint density at radius 1 is 1.36 bits per heavy atom. The molecule has 1 N–H and O–H groups in total. The number of benzene rings is 1. The molecule has 3 nitrogen and oxygen atoms in total. The van der Waals surface area contributed by atoms with Crippen LogP contribution in [0.15, 0.2) is 24.3 Å². The minimum atomic E-state index is 0.400. The second-order valence-corrected chi connectivity index (χ2v) is 2.63. The Balaban J connectivity index is 2.41. The number of nitroso groups, excluding NO2 is 1. The van der Waals surface area contributed by atoms with Crippen LogP contribution >= 0.6 is 0 Å². The van der Waals surface area contributed by atoms with E-state index in [0.717, 1.165) is 16.0 Å². The van der Waals surface area contributed by atoms with Gasteiger partial charge in [0.2, 0.25) is 6.54 Å². The first-order chi connectivity index (χ1) is 5.36. The summed E-state index contributed by atoms with van der Waals surface area (Å²) < 4.78 is 1.00. The number of hydrogen-bond donors (Lipinski definition) is 1. The maximum atomic E-state index is 10.9. The highest BCUT2D eigenvalue weighted by Crippen LogP contribution is 2.18. The van der Waals surface area contributed by atoms with E-state index >= 15 is 0 Å². The highest BCUT2D eigenvalue weighted by Gasteiger charge is 2.18. The van der Waals surface area contributed by atoms with E-state index in [1.807, 2.05) is 24.3 Å². The van der Waals surface area contributed by atoms with Gasteiger partial charge in [-0.15, -0.1) is 0 Å². The maximum Gasteiger partial charge on any atom is 0.264 e. The van der Waals surface area contributed by atoms with Gasteiger partial charge in [0.25, 0.3) is 6.67 Å². The summed E-state index contributed by atoms with van der Waals surface area (Å²) in [6.45, 7) is 0.903. The third kappa shape index (κ3) is 1.09. The van der Waals surface area contributed by atoms with Gasteiger partial charge in [-0.05, 0) is 6.07 Å². The van der Waals surface area contributed by atoms with E-state index in [9.17, 15) is 4.91 Å². The van der Waals surface area contributed by atoms with Gasteiger partial charge < -0.3 is 5.32 Å². The van der Waals surface area contributed by atoms with Gasteiger partial charge in [0.1, 0.15) is 0 Å². The molecule has 0 saturated heterocycles. The largest absolute Gasteiger partial charge is 0.327 e. The number of anilines is 1. The molecule has 2 rings (SSSR count). The Morgan fingerprint density at radius 2 is 2.18 bits per heavy atom. The summed E-state index contributed by atoms with van der Waals surface area (Å²) in [6.07, 6.45) is 0. The van der Waals surface area contributed by atoms with Crippen molar-refractivity contribution >= 4 is 5.69 Å². The number of hydrogen-bond acceptors (Lipinski definition) is 2. The van der Waals surface area contributed by atoms with Gasteiger partial charge >= 0.3 is 0 Å². The summed E-state index contributed by atoms with van der Waals surface area (Å²) in [5.74, 6) is 0. The fourth-order valence-corrected chi connectivity index (χ4v) is 1.25. The van der Waals surface area contributed by atoms with Crippen LogP contribution < -0.4 is 5.32 Å². The van der Waals surface area contributed by atoms with Crippen molar-refractivity contribution in [2.24, 2.45) is 0 Å². The molecule has 1 heterocycles. The summed E-state index contributed by atoms with van der Waals surface area (Å²) in [7, 11) is 0. The van der Waals surface area contributed by atoms with Crippen molar-refractivity contribution in [3.05, 3.63) is 34.7 Å². The highest BCUT2D eigenvalue weighted by molar-refractivity contribution is 5.51. The molecule has 1 aliphatic heterocycles. The van der Waals surface area contributed by atoms with Gasteiger partial charge in [-0.3, -0.25) is 0 Å². The molecule has 0 bridgehead atoms. The zero-order chi connectivity index (χ0) is 7.68. The Bertz CT molecular complexity index is 296. The first-order valence-corrected chi connectivity index (χ1v) is 3.60. The standard InChI is InChI=1S/C8H9N2O/c11-10-5-7-3-1-2-4-8(7)9-6-10/h1-4,9H,5-6H2/q+1. The van der Waals surface area contributed by atoms with Gasteiger partial charge in [-0.25, -0.2) is 0 Å². The third-order valence-electron chi connectivity index (χ3n) is 1.81. The molecule has 56 valence electrons. The fraction of sp³-hybridized carbons (Fsp3) is 0.250. The Kier molecular flexibility index (Phi) is 1.35. The van der Waals surface area contributed by atoms with E-state index in [0.29, 0.717) is 13.2 Å². The van der Waals surface area contributed by atoms with Crippen LogP contribution in [0.5, 0.6) is 0 Å². The zero-order valence-electron chi connectivity index (χ0n) is 6.08. The van der Waals surface area contributed by atoms with Crippen molar-refractivity contribution in [2.75, 3.05) is 12.0 Å². The molecule has 1 aromatic rings. The highest BCUT2D eigenvalue weighted by atomic mass is 16.3. The van der Waals surface area contributed by atoms with Crippen LogP contribution in [0.2, 0.25) is 0 Å². The van der Waals surface area contributed by atoms with Crippen LogP contribution in [0.3, 0.4) is 0 Å². The van der Waals surface area contributed by atoms with Crippen LogP contribution in [0.4, 0.5) is 5.69 Å². The molecule has 3 heteroatoms. The maximum absolute atomic E-state index is 10.9. The van der Waals surface area contributed by atoms with E-state index in [4.69, 9.17) is 0 Å². The molecule has 11 heavy (non-hydrogen) atoms. The lowest BCUT2D eigenvalue weighted by atomic mass is 10.1. The third-order valence-corrected chi connectivity index (χ3v) is 1.81. The summed E-state index contributed by atoms with van der Waals surface area (Å²) in [5.41, 5.74) is 2.16. The lowest BCUT2D eigenvalue weighted by molar-refractivity contribution is -0.561. The molecule has 0 saturated carbocycles. The molecule has 0 aliphatic carbocycles. The van der Waals surface area contributed by atoms with Gasteiger partial charge in [0.05, 0.1) is 0 Å². The zero-order valence-corrected chi connectivity index (χ0v) is 6.08. The lowest BCUT2D eigenvalue weighted by Crippen LogP contribution is -2.23. The molecule has 0 atom stereocenters. The predicted octanol–water partition coefficient (Wildman–Crippen LogP) is 1.35. The molecule has 1 aromatic carbocycles. The van der Waals surface area contributed by atoms with E-state index in [1.54, 1.807) is 0 Å². The number of nitrogens with zero attached hydrogens (tertiary/aromatic N) is 1. The van der Waals surface area contributed by atoms with Crippen molar-refractivity contribution in [2.45, 2.75) is 6.54 Å². The first kappa shape index (κ1) is 6.34. The second kappa shape index (κ2) is 2.34. The van der Waals surface area contributed by atoms with E-state index in [-0.39, 0.29) is 0 Å². The van der Waals surface area contributed by atoms with Crippen molar-refractivity contribution in [3.8, 4) is 0 Å². The van der Waals surface area contributed by atoms with Gasteiger partial charge in [-0.2, -0.15) is 0 Å². The van der Waals surface area contributed by atoms with E-state index in [2.05, 4.69) is 5.32 Å². The number of fused-ring (bicyclic) bond motifs is 1. The van der Waals surface area contributed by atoms with E-state index in [1.165, 1.54) is 0 Å². The number of para-hydroxylation sites is 1. The number of rotatable bonds is 0. The quantitative estimate of drug-likeness (QED) is 0.564. The molecule has 0 fully saturated rings. The molecule has 1 aliphatic rings. The minimum absolute atomic E-state index is 0.400. The summed E-state index contributed by atoms with van der Waals surface area (Å²) in [5, 5.41) is 3.03. The molecule has 0 radical (unpaired) electrons. The van der Waals surface area contributed by atoms with Crippen molar-refractivity contribution < 1.29 is 4.76 Å². The molecule has 0 spiro atoms. The topological polar surface area (TPSA) is 32.1 Å². The first-order valence-electron chi connectivity index (χ1n) is 3.60. The van der Waals surface area contributed by atoms with Crippen molar-refractivity contribution in [1.82, 2.24) is 0 Å². The van der Waals surface area contributed by atoms with Crippen LogP contribution in [-0.4, -0.2) is 11.4 Å².